The Morgan fingerprint density at radius 2 is 2.05 bits per heavy atom. The summed E-state index contributed by atoms with van der Waals surface area (Å²) in [6, 6.07) is 6.19. The van der Waals surface area contributed by atoms with Crippen molar-refractivity contribution in [2.45, 2.75) is 25.7 Å². The molecule has 1 aliphatic rings. The number of hydrogen-bond donors (Lipinski definition) is 0. The van der Waals surface area contributed by atoms with Gasteiger partial charge >= 0.3 is 0 Å². The second-order valence-electron chi connectivity index (χ2n) is 4.96. The fourth-order valence-corrected chi connectivity index (χ4v) is 2.54. The average molecular weight is 274 g/mol. The van der Waals surface area contributed by atoms with Crippen molar-refractivity contribution in [3.8, 4) is 0 Å². The van der Waals surface area contributed by atoms with Crippen molar-refractivity contribution >= 4 is 11.6 Å². The average Bonchev–Trinajstić information content (AvgIpc) is 2.90. The van der Waals surface area contributed by atoms with E-state index >= 15 is 0 Å². The van der Waals surface area contributed by atoms with Gasteiger partial charge in [0, 0.05) is 19.0 Å². The van der Waals surface area contributed by atoms with Gasteiger partial charge in [-0.1, -0.05) is 17.3 Å². The first-order valence-electron chi connectivity index (χ1n) is 6.68. The summed E-state index contributed by atoms with van der Waals surface area (Å²) in [5, 5.41) is 3.89. The number of benzene rings is 1. The number of para-hydroxylation sites is 1. The summed E-state index contributed by atoms with van der Waals surface area (Å²) < 4.78 is 19.0. The van der Waals surface area contributed by atoms with Gasteiger partial charge in [-0.05, 0) is 31.4 Å². The molecule has 4 nitrogen and oxygen atoms in total. The van der Waals surface area contributed by atoms with Gasteiger partial charge in [-0.3, -0.25) is 4.79 Å². The lowest BCUT2D eigenvalue weighted by Crippen LogP contribution is -2.28. The minimum atomic E-state index is -0.430. The number of anilines is 1. The maximum atomic E-state index is 13.7. The predicted octanol–water partition coefficient (Wildman–Crippen LogP) is 2.97. The van der Waals surface area contributed by atoms with Gasteiger partial charge in [-0.2, -0.15) is 0 Å². The normalized spacial score (nSPS) is 13.9. The third-order valence-corrected chi connectivity index (χ3v) is 3.67. The van der Waals surface area contributed by atoms with Crippen LogP contribution in [0.1, 0.15) is 34.7 Å². The summed E-state index contributed by atoms with van der Waals surface area (Å²) in [5.74, 6) is 0.0317. The summed E-state index contributed by atoms with van der Waals surface area (Å²) >= 11 is 0. The number of hydrogen-bond acceptors (Lipinski definition) is 3. The minimum absolute atomic E-state index is 0.241. The molecule has 0 fully saturated rings. The van der Waals surface area contributed by atoms with E-state index in [1.165, 1.54) is 11.0 Å². The Hall–Kier alpha value is -2.17. The van der Waals surface area contributed by atoms with Crippen LogP contribution < -0.4 is 4.90 Å². The molecular formula is C15H15FN2O2. The van der Waals surface area contributed by atoms with Crippen LogP contribution in [0.25, 0.3) is 0 Å². The van der Waals surface area contributed by atoms with Gasteiger partial charge in [0.25, 0.3) is 5.91 Å². The van der Waals surface area contributed by atoms with Crippen LogP contribution in [-0.2, 0) is 12.8 Å². The second-order valence-corrected chi connectivity index (χ2v) is 4.96. The van der Waals surface area contributed by atoms with Crippen molar-refractivity contribution in [3.63, 3.8) is 0 Å². The lowest BCUT2D eigenvalue weighted by molar-refractivity contribution is 0.0982. The van der Waals surface area contributed by atoms with Crippen LogP contribution in [0.15, 0.2) is 28.8 Å². The third kappa shape index (κ3) is 2.09. The first-order valence-corrected chi connectivity index (χ1v) is 6.68. The molecule has 0 aliphatic heterocycles. The predicted molar refractivity (Wildman–Crippen MR) is 72.3 cm³/mol. The summed E-state index contributed by atoms with van der Waals surface area (Å²) in [6.45, 7) is 0. The molecule has 0 N–H and O–H groups in total. The number of nitrogens with zero attached hydrogens (tertiary/aromatic N) is 2. The Bertz CT molecular complexity index is 651. The first-order chi connectivity index (χ1) is 9.68. The molecule has 20 heavy (non-hydrogen) atoms. The van der Waals surface area contributed by atoms with Crippen LogP contribution in [-0.4, -0.2) is 18.1 Å². The molecule has 1 aromatic heterocycles. The topological polar surface area (TPSA) is 46.3 Å². The monoisotopic (exact) mass is 274 g/mol. The molecule has 1 aliphatic carbocycles. The van der Waals surface area contributed by atoms with E-state index in [-0.39, 0.29) is 11.6 Å². The Balaban J connectivity index is 1.93. The van der Waals surface area contributed by atoms with E-state index in [1.807, 2.05) is 0 Å². The number of rotatable bonds is 2. The van der Waals surface area contributed by atoms with Crippen molar-refractivity contribution in [1.82, 2.24) is 5.16 Å². The molecule has 1 heterocycles. The van der Waals surface area contributed by atoms with Gasteiger partial charge < -0.3 is 9.42 Å². The number of halogens is 1. The van der Waals surface area contributed by atoms with Gasteiger partial charge in [0.05, 0.1) is 5.69 Å². The van der Waals surface area contributed by atoms with Crippen LogP contribution in [0.5, 0.6) is 0 Å². The van der Waals surface area contributed by atoms with Gasteiger partial charge in [0.15, 0.2) is 5.69 Å². The lowest BCUT2D eigenvalue weighted by Gasteiger charge is -2.17. The molecule has 1 amide bonds. The van der Waals surface area contributed by atoms with E-state index in [2.05, 4.69) is 5.16 Å². The van der Waals surface area contributed by atoms with Gasteiger partial charge in [0.2, 0.25) is 0 Å². The van der Waals surface area contributed by atoms with Crippen molar-refractivity contribution in [1.29, 1.82) is 0 Å². The Morgan fingerprint density at radius 3 is 2.85 bits per heavy atom. The SMILES string of the molecule is CN(C(=O)c1noc2c1CCCC2)c1ccccc1F. The molecule has 0 spiro atoms. The van der Waals surface area contributed by atoms with Crippen LogP contribution in [0, 0.1) is 5.82 Å². The maximum Gasteiger partial charge on any atom is 0.280 e. The number of carbonyl (C=O) groups excluding carboxylic acids is 1. The van der Waals surface area contributed by atoms with E-state index < -0.39 is 5.82 Å². The summed E-state index contributed by atoms with van der Waals surface area (Å²) in [7, 11) is 1.55. The highest BCUT2D eigenvalue weighted by atomic mass is 19.1. The van der Waals surface area contributed by atoms with Crippen molar-refractivity contribution in [2.24, 2.45) is 0 Å². The first kappa shape index (κ1) is 12.8. The highest BCUT2D eigenvalue weighted by Gasteiger charge is 2.27. The number of fused-ring (bicyclic) bond motifs is 1. The molecule has 1 aromatic carbocycles. The zero-order valence-corrected chi connectivity index (χ0v) is 11.2. The van der Waals surface area contributed by atoms with E-state index in [9.17, 15) is 9.18 Å². The quantitative estimate of drug-likeness (QED) is 0.845. The molecule has 0 unspecified atom stereocenters. The van der Waals surface area contributed by atoms with Crippen LogP contribution in [0.2, 0.25) is 0 Å². The Labute approximate surface area is 116 Å². The van der Waals surface area contributed by atoms with Crippen molar-refractivity contribution < 1.29 is 13.7 Å². The van der Waals surface area contributed by atoms with Crippen LogP contribution in [0.4, 0.5) is 10.1 Å². The van der Waals surface area contributed by atoms with Gasteiger partial charge in [-0.15, -0.1) is 0 Å². The highest BCUT2D eigenvalue weighted by Crippen LogP contribution is 2.26. The Kier molecular flexibility index (Phi) is 3.26. The Morgan fingerprint density at radius 1 is 1.30 bits per heavy atom. The summed E-state index contributed by atoms with van der Waals surface area (Å²) in [6.07, 6.45) is 3.70. The van der Waals surface area contributed by atoms with Crippen LogP contribution >= 0.6 is 0 Å². The summed E-state index contributed by atoms with van der Waals surface area (Å²) in [5.41, 5.74) is 1.43. The van der Waals surface area contributed by atoms with E-state index in [4.69, 9.17) is 4.52 Å². The molecule has 0 atom stereocenters. The number of aromatic nitrogens is 1. The highest BCUT2D eigenvalue weighted by molar-refractivity contribution is 6.05. The fraction of sp³-hybridized carbons (Fsp3) is 0.333. The maximum absolute atomic E-state index is 13.7. The zero-order valence-electron chi connectivity index (χ0n) is 11.2. The lowest BCUT2D eigenvalue weighted by atomic mass is 9.96. The minimum Gasteiger partial charge on any atom is -0.360 e. The molecule has 0 saturated heterocycles. The zero-order chi connectivity index (χ0) is 14.1. The molecule has 0 radical (unpaired) electrons. The van der Waals surface area contributed by atoms with Gasteiger partial charge in [-0.25, -0.2) is 4.39 Å². The van der Waals surface area contributed by atoms with Crippen molar-refractivity contribution in [3.05, 3.63) is 47.1 Å². The standard InChI is InChI=1S/C15H15FN2O2/c1-18(12-8-4-3-7-11(12)16)15(19)14-10-6-2-5-9-13(10)20-17-14/h3-4,7-8H,2,5-6,9H2,1H3. The molecule has 0 bridgehead atoms. The fourth-order valence-electron chi connectivity index (χ4n) is 2.54. The number of aryl methyl sites for hydroxylation is 1. The largest absolute Gasteiger partial charge is 0.360 e. The summed E-state index contributed by atoms with van der Waals surface area (Å²) in [4.78, 5) is 13.7. The van der Waals surface area contributed by atoms with Crippen molar-refractivity contribution in [2.75, 3.05) is 11.9 Å². The molecule has 5 heteroatoms. The molecular weight excluding hydrogens is 259 g/mol. The number of carbonyl (C=O) groups is 1. The molecule has 3 rings (SSSR count). The molecule has 0 saturated carbocycles. The van der Waals surface area contributed by atoms with Gasteiger partial charge in [0.1, 0.15) is 11.6 Å². The molecule has 104 valence electrons. The third-order valence-electron chi connectivity index (χ3n) is 3.67. The smallest absolute Gasteiger partial charge is 0.280 e. The van der Waals surface area contributed by atoms with E-state index in [0.717, 1.165) is 37.0 Å². The van der Waals surface area contributed by atoms with E-state index in [0.29, 0.717) is 5.69 Å². The van der Waals surface area contributed by atoms with E-state index in [1.54, 1.807) is 25.2 Å². The second kappa shape index (κ2) is 5.07. The van der Waals surface area contributed by atoms with Crippen LogP contribution in [0.3, 0.4) is 0 Å². The number of amides is 1. The molecule has 2 aromatic rings.